The summed E-state index contributed by atoms with van der Waals surface area (Å²) in [6, 6.07) is 3.50. The molecular weight excluding hydrogens is 274 g/mol. The Morgan fingerprint density at radius 3 is 2.38 bits per heavy atom. The molecule has 0 saturated heterocycles. The first-order chi connectivity index (χ1) is 10.1. The van der Waals surface area contributed by atoms with Crippen LogP contribution in [0.4, 0.5) is 11.9 Å². The fraction of sp³-hybridized carbons (Fsp3) is 0.167. The number of rotatable bonds is 3. The predicted molar refractivity (Wildman–Crippen MR) is 76.4 cm³/mol. The molecule has 0 saturated carbocycles. The number of aromatic nitrogens is 5. The van der Waals surface area contributed by atoms with Gasteiger partial charge in [-0.1, -0.05) is 0 Å². The topological polar surface area (TPSA) is 127 Å². The summed E-state index contributed by atoms with van der Waals surface area (Å²) in [5.41, 5.74) is 12.0. The largest absolute Gasteiger partial charge is 0.493 e. The van der Waals surface area contributed by atoms with Crippen LogP contribution in [0.3, 0.4) is 0 Å². The van der Waals surface area contributed by atoms with Crippen molar-refractivity contribution in [3.05, 3.63) is 18.5 Å². The molecule has 108 valence electrons. The molecule has 0 atom stereocenters. The van der Waals surface area contributed by atoms with E-state index in [0.717, 1.165) is 0 Å². The lowest BCUT2D eigenvalue weighted by Crippen LogP contribution is -2.06. The van der Waals surface area contributed by atoms with E-state index in [1.165, 1.54) is 11.0 Å². The van der Waals surface area contributed by atoms with E-state index >= 15 is 0 Å². The van der Waals surface area contributed by atoms with E-state index in [0.29, 0.717) is 28.2 Å². The van der Waals surface area contributed by atoms with Crippen LogP contribution in [-0.4, -0.2) is 39.0 Å². The van der Waals surface area contributed by atoms with Crippen LogP contribution >= 0.6 is 0 Å². The van der Waals surface area contributed by atoms with Crippen LogP contribution in [0.25, 0.3) is 16.7 Å². The van der Waals surface area contributed by atoms with Gasteiger partial charge in [0.25, 0.3) is 0 Å². The molecule has 21 heavy (non-hydrogen) atoms. The Labute approximate surface area is 119 Å². The molecule has 0 spiro atoms. The van der Waals surface area contributed by atoms with Gasteiger partial charge >= 0.3 is 0 Å². The molecule has 0 fully saturated rings. The van der Waals surface area contributed by atoms with Crippen molar-refractivity contribution in [1.82, 2.24) is 24.7 Å². The number of benzene rings is 1. The quantitative estimate of drug-likeness (QED) is 0.708. The third-order valence-electron chi connectivity index (χ3n) is 2.97. The summed E-state index contributed by atoms with van der Waals surface area (Å²) in [5, 5.41) is 4.71. The molecule has 0 radical (unpaired) electrons. The van der Waals surface area contributed by atoms with E-state index < -0.39 is 0 Å². The van der Waals surface area contributed by atoms with Crippen molar-refractivity contribution in [2.45, 2.75) is 0 Å². The molecule has 9 heteroatoms. The van der Waals surface area contributed by atoms with Gasteiger partial charge in [0.05, 0.1) is 19.7 Å². The Morgan fingerprint density at radius 2 is 1.76 bits per heavy atom. The zero-order valence-electron chi connectivity index (χ0n) is 11.4. The van der Waals surface area contributed by atoms with Crippen LogP contribution in [0, 0.1) is 0 Å². The summed E-state index contributed by atoms with van der Waals surface area (Å²) < 4.78 is 11.9. The van der Waals surface area contributed by atoms with E-state index in [1.807, 2.05) is 0 Å². The van der Waals surface area contributed by atoms with Gasteiger partial charge in [0, 0.05) is 11.5 Å². The first-order valence-corrected chi connectivity index (χ1v) is 5.99. The van der Waals surface area contributed by atoms with E-state index in [1.54, 1.807) is 26.4 Å². The maximum atomic E-state index is 5.78. The zero-order chi connectivity index (χ0) is 15.0. The van der Waals surface area contributed by atoms with Crippen molar-refractivity contribution in [3.63, 3.8) is 0 Å². The van der Waals surface area contributed by atoms with Crippen LogP contribution in [0.5, 0.6) is 11.5 Å². The molecule has 3 rings (SSSR count). The Hall–Kier alpha value is -3.10. The second-order valence-electron chi connectivity index (χ2n) is 4.16. The third kappa shape index (κ3) is 2.04. The number of nitrogen functional groups attached to an aromatic ring is 2. The van der Waals surface area contributed by atoms with E-state index in [9.17, 15) is 0 Å². The van der Waals surface area contributed by atoms with E-state index in [4.69, 9.17) is 20.9 Å². The molecule has 1 aromatic carbocycles. The fourth-order valence-corrected chi connectivity index (χ4v) is 2.03. The normalized spacial score (nSPS) is 10.8. The lowest BCUT2D eigenvalue weighted by molar-refractivity contribution is 0.355. The van der Waals surface area contributed by atoms with Crippen LogP contribution in [0.15, 0.2) is 18.5 Å². The number of hydrogen-bond donors (Lipinski definition) is 2. The first-order valence-electron chi connectivity index (χ1n) is 5.99. The van der Waals surface area contributed by atoms with Gasteiger partial charge < -0.3 is 20.9 Å². The summed E-state index contributed by atoms with van der Waals surface area (Å²) in [7, 11) is 3.11. The highest BCUT2D eigenvalue weighted by molar-refractivity contribution is 5.88. The van der Waals surface area contributed by atoms with Crippen LogP contribution < -0.4 is 20.9 Å². The molecule has 4 N–H and O–H groups in total. The van der Waals surface area contributed by atoms with Gasteiger partial charge in [-0.3, -0.25) is 0 Å². The minimum Gasteiger partial charge on any atom is -0.493 e. The molecule has 0 aliphatic heterocycles. The number of hydrogen-bond acceptors (Lipinski definition) is 8. The molecule has 0 aliphatic rings. The lowest BCUT2D eigenvalue weighted by atomic mass is 10.2. The Bertz CT molecular complexity index is 815. The van der Waals surface area contributed by atoms with Crippen molar-refractivity contribution in [2.24, 2.45) is 0 Å². The molecule has 0 unspecified atom stereocenters. The second-order valence-corrected chi connectivity index (χ2v) is 4.16. The second kappa shape index (κ2) is 4.78. The Kier molecular flexibility index (Phi) is 2.94. The standard InChI is InChI=1S/C12H13N7O2/c1-20-8-3-6-7(4-9(8)21-2)15-5-16-10(6)19-12(14)17-11(13)18-19/h3-5H,1-2H3,(H4,13,14,17,18). The van der Waals surface area contributed by atoms with Crippen molar-refractivity contribution < 1.29 is 9.47 Å². The van der Waals surface area contributed by atoms with E-state index in [-0.39, 0.29) is 11.9 Å². The molecular formula is C12H13N7O2. The average Bonchev–Trinajstić information content (AvgIpc) is 2.83. The highest BCUT2D eigenvalue weighted by Crippen LogP contribution is 2.33. The highest BCUT2D eigenvalue weighted by Gasteiger charge is 2.15. The number of fused-ring (bicyclic) bond motifs is 1. The fourth-order valence-electron chi connectivity index (χ4n) is 2.03. The summed E-state index contributed by atoms with van der Waals surface area (Å²) in [6.45, 7) is 0. The van der Waals surface area contributed by atoms with Crippen LogP contribution in [0.1, 0.15) is 0 Å². The maximum Gasteiger partial charge on any atom is 0.241 e. The molecule has 0 aliphatic carbocycles. The summed E-state index contributed by atoms with van der Waals surface area (Å²) in [4.78, 5) is 12.3. The van der Waals surface area contributed by atoms with Gasteiger partial charge in [-0.2, -0.15) is 9.67 Å². The van der Waals surface area contributed by atoms with Crippen molar-refractivity contribution in [3.8, 4) is 17.3 Å². The average molecular weight is 287 g/mol. The number of nitrogens with two attached hydrogens (primary N) is 2. The Balaban J connectivity index is 2.31. The van der Waals surface area contributed by atoms with Crippen LogP contribution in [-0.2, 0) is 0 Å². The molecule has 0 amide bonds. The highest BCUT2D eigenvalue weighted by atomic mass is 16.5. The summed E-state index contributed by atoms with van der Waals surface area (Å²) >= 11 is 0. The van der Waals surface area contributed by atoms with Gasteiger partial charge in [-0.05, 0) is 6.07 Å². The Morgan fingerprint density at radius 1 is 1.05 bits per heavy atom. The van der Waals surface area contributed by atoms with Crippen LogP contribution in [0.2, 0.25) is 0 Å². The molecule has 2 heterocycles. The molecule has 3 aromatic rings. The predicted octanol–water partition coefficient (Wildman–Crippen LogP) is 0.392. The summed E-state index contributed by atoms with van der Waals surface area (Å²) in [6.07, 6.45) is 1.40. The van der Waals surface area contributed by atoms with Crippen molar-refractivity contribution in [1.29, 1.82) is 0 Å². The molecule has 0 bridgehead atoms. The van der Waals surface area contributed by atoms with Gasteiger partial charge in [0.2, 0.25) is 11.9 Å². The minimum atomic E-state index is 0.0692. The van der Waals surface area contributed by atoms with Crippen molar-refractivity contribution in [2.75, 3.05) is 25.7 Å². The molecule has 9 nitrogen and oxygen atoms in total. The number of methoxy groups -OCH3 is 2. The minimum absolute atomic E-state index is 0.0692. The van der Waals surface area contributed by atoms with Gasteiger partial charge in [-0.25, -0.2) is 9.97 Å². The smallest absolute Gasteiger partial charge is 0.241 e. The van der Waals surface area contributed by atoms with Crippen molar-refractivity contribution >= 4 is 22.8 Å². The zero-order valence-corrected chi connectivity index (χ0v) is 11.4. The van der Waals surface area contributed by atoms with Gasteiger partial charge in [0.1, 0.15) is 6.33 Å². The number of ether oxygens (including phenoxy) is 2. The van der Waals surface area contributed by atoms with Gasteiger partial charge in [0.15, 0.2) is 17.3 Å². The third-order valence-corrected chi connectivity index (χ3v) is 2.97. The maximum absolute atomic E-state index is 5.78. The number of anilines is 2. The molecule has 2 aromatic heterocycles. The van der Waals surface area contributed by atoms with Gasteiger partial charge in [-0.15, -0.1) is 5.10 Å². The first kappa shape index (κ1) is 12.9. The lowest BCUT2D eigenvalue weighted by Gasteiger charge is -2.10. The SMILES string of the molecule is COc1cc2ncnc(-n3nc(N)nc3N)c2cc1OC. The number of nitrogens with zero attached hydrogens (tertiary/aromatic N) is 5. The summed E-state index contributed by atoms with van der Waals surface area (Å²) in [5.74, 6) is 1.79. The van der Waals surface area contributed by atoms with E-state index in [2.05, 4.69) is 20.1 Å². The monoisotopic (exact) mass is 287 g/mol.